The van der Waals surface area contributed by atoms with Crippen LogP contribution in [0.15, 0.2) is 41.2 Å². The van der Waals surface area contributed by atoms with Gasteiger partial charge in [0.2, 0.25) is 0 Å². The van der Waals surface area contributed by atoms with Crippen molar-refractivity contribution in [3.8, 4) is 0 Å². The van der Waals surface area contributed by atoms with Gasteiger partial charge in [0.05, 0.1) is 6.54 Å². The van der Waals surface area contributed by atoms with Gasteiger partial charge in [-0.15, -0.1) is 0 Å². The molecule has 0 radical (unpaired) electrons. The van der Waals surface area contributed by atoms with Crippen LogP contribution in [0.25, 0.3) is 0 Å². The first kappa shape index (κ1) is 10.2. The summed E-state index contributed by atoms with van der Waals surface area (Å²) >= 11 is 0. The number of benzene rings is 1. The fourth-order valence-electron chi connectivity index (χ4n) is 1.52. The summed E-state index contributed by atoms with van der Waals surface area (Å²) in [6, 6.07) is 10.7. The minimum absolute atomic E-state index is 0.189. The van der Waals surface area contributed by atoms with E-state index in [4.69, 9.17) is 5.73 Å². The second-order valence-corrected chi connectivity index (χ2v) is 3.44. The molecular formula is C11H11N3O2. The first-order valence-corrected chi connectivity index (χ1v) is 4.80. The highest BCUT2D eigenvalue weighted by molar-refractivity contribution is 5.90. The van der Waals surface area contributed by atoms with Crippen LogP contribution in [0.5, 0.6) is 0 Å². The first-order chi connectivity index (χ1) is 7.66. The molecule has 3 N–H and O–H groups in total. The molecule has 1 heterocycles. The van der Waals surface area contributed by atoms with Crippen LogP contribution in [-0.4, -0.2) is 15.7 Å². The third-order valence-corrected chi connectivity index (χ3v) is 2.24. The number of rotatable bonds is 3. The maximum atomic E-state index is 11.1. The van der Waals surface area contributed by atoms with Crippen molar-refractivity contribution in [2.24, 2.45) is 5.73 Å². The number of nitrogens with one attached hydrogen (secondary N) is 1. The van der Waals surface area contributed by atoms with Gasteiger partial charge in [0.1, 0.15) is 5.69 Å². The van der Waals surface area contributed by atoms with Gasteiger partial charge in [-0.25, -0.2) is 0 Å². The van der Waals surface area contributed by atoms with Crippen LogP contribution in [-0.2, 0) is 6.54 Å². The zero-order chi connectivity index (χ0) is 11.5. The van der Waals surface area contributed by atoms with Gasteiger partial charge in [-0.2, -0.15) is 0 Å². The second kappa shape index (κ2) is 4.06. The van der Waals surface area contributed by atoms with Crippen molar-refractivity contribution < 1.29 is 4.79 Å². The van der Waals surface area contributed by atoms with Gasteiger partial charge in [0, 0.05) is 6.07 Å². The smallest absolute Gasteiger partial charge is 0.267 e. The molecule has 0 spiro atoms. The number of carbonyl (C=O) groups excluding carboxylic acids is 1. The maximum absolute atomic E-state index is 11.1. The number of carbonyl (C=O) groups is 1. The minimum Gasteiger partial charge on any atom is -0.364 e. The second-order valence-electron chi connectivity index (χ2n) is 3.44. The molecule has 1 aromatic heterocycles. The van der Waals surface area contributed by atoms with E-state index in [1.165, 1.54) is 10.7 Å². The highest BCUT2D eigenvalue weighted by atomic mass is 16.2. The van der Waals surface area contributed by atoms with Crippen LogP contribution in [0.1, 0.15) is 16.1 Å². The Morgan fingerprint density at radius 2 is 2.00 bits per heavy atom. The van der Waals surface area contributed by atoms with E-state index in [9.17, 15) is 9.59 Å². The molecule has 16 heavy (non-hydrogen) atoms. The number of hydrogen-bond donors (Lipinski definition) is 2. The van der Waals surface area contributed by atoms with Crippen LogP contribution in [0.4, 0.5) is 0 Å². The van der Waals surface area contributed by atoms with Gasteiger partial charge in [-0.3, -0.25) is 19.4 Å². The van der Waals surface area contributed by atoms with Crippen molar-refractivity contribution in [2.45, 2.75) is 6.54 Å². The number of amides is 1. The quantitative estimate of drug-likeness (QED) is 0.776. The predicted molar refractivity (Wildman–Crippen MR) is 59.1 cm³/mol. The van der Waals surface area contributed by atoms with Crippen molar-refractivity contribution in [1.29, 1.82) is 0 Å². The molecule has 0 fully saturated rings. The molecule has 2 rings (SSSR count). The Bertz CT molecular complexity index is 554. The number of primary amides is 1. The largest absolute Gasteiger partial charge is 0.364 e. The van der Waals surface area contributed by atoms with Crippen molar-refractivity contribution in [3.63, 3.8) is 0 Å². The molecule has 5 nitrogen and oxygen atoms in total. The monoisotopic (exact) mass is 217 g/mol. The lowest BCUT2D eigenvalue weighted by Crippen LogP contribution is -2.18. The highest BCUT2D eigenvalue weighted by Crippen LogP contribution is 2.03. The Balaban J connectivity index is 2.35. The minimum atomic E-state index is -0.616. The van der Waals surface area contributed by atoms with Gasteiger partial charge >= 0.3 is 0 Å². The average Bonchev–Trinajstić information content (AvgIpc) is 2.61. The molecule has 1 aromatic carbocycles. The molecule has 5 heteroatoms. The van der Waals surface area contributed by atoms with Crippen molar-refractivity contribution in [2.75, 3.05) is 0 Å². The highest BCUT2D eigenvalue weighted by Gasteiger charge is 2.09. The Morgan fingerprint density at radius 1 is 1.31 bits per heavy atom. The molecule has 1 amide bonds. The van der Waals surface area contributed by atoms with E-state index in [1.54, 1.807) is 0 Å². The number of aromatic nitrogens is 2. The average molecular weight is 217 g/mol. The van der Waals surface area contributed by atoms with E-state index in [2.05, 4.69) is 5.10 Å². The fraction of sp³-hybridized carbons (Fsp3) is 0.0909. The van der Waals surface area contributed by atoms with Crippen molar-refractivity contribution >= 4 is 5.91 Å². The Kier molecular flexibility index (Phi) is 2.59. The summed E-state index contributed by atoms with van der Waals surface area (Å²) in [7, 11) is 0. The fourth-order valence-corrected chi connectivity index (χ4v) is 1.52. The molecule has 0 aliphatic heterocycles. The molecule has 0 saturated carbocycles. The molecular weight excluding hydrogens is 206 g/mol. The van der Waals surface area contributed by atoms with E-state index in [0.29, 0.717) is 6.54 Å². The SMILES string of the molecule is NC(=O)c1cc(=O)[nH]n1Cc1ccccc1. The zero-order valence-corrected chi connectivity index (χ0v) is 8.51. The summed E-state index contributed by atoms with van der Waals surface area (Å²) in [5, 5.41) is 2.53. The third kappa shape index (κ3) is 2.03. The summed E-state index contributed by atoms with van der Waals surface area (Å²) in [6.45, 7) is 0.418. The van der Waals surface area contributed by atoms with Gasteiger partial charge in [0.25, 0.3) is 11.5 Å². The Hall–Kier alpha value is -2.30. The van der Waals surface area contributed by atoms with Gasteiger partial charge in [-0.05, 0) is 5.56 Å². The molecule has 82 valence electrons. The van der Waals surface area contributed by atoms with E-state index in [0.717, 1.165) is 5.56 Å². The molecule has 0 aliphatic rings. The van der Waals surface area contributed by atoms with Crippen LogP contribution >= 0.6 is 0 Å². The van der Waals surface area contributed by atoms with Crippen molar-refractivity contribution in [3.05, 3.63) is 58.0 Å². The lowest BCUT2D eigenvalue weighted by atomic mass is 10.2. The van der Waals surface area contributed by atoms with Gasteiger partial charge in [-0.1, -0.05) is 30.3 Å². The van der Waals surface area contributed by atoms with E-state index in [1.807, 2.05) is 30.3 Å². The van der Waals surface area contributed by atoms with Crippen LogP contribution < -0.4 is 11.3 Å². The normalized spacial score (nSPS) is 10.2. The lowest BCUT2D eigenvalue weighted by molar-refractivity contribution is 0.0990. The van der Waals surface area contributed by atoms with Crippen LogP contribution in [0, 0.1) is 0 Å². The number of aromatic amines is 1. The first-order valence-electron chi connectivity index (χ1n) is 4.80. The maximum Gasteiger partial charge on any atom is 0.267 e. The number of hydrogen-bond acceptors (Lipinski definition) is 2. The number of nitrogens with two attached hydrogens (primary N) is 1. The van der Waals surface area contributed by atoms with Gasteiger partial charge < -0.3 is 5.73 Å². The summed E-state index contributed by atoms with van der Waals surface area (Å²) in [6.07, 6.45) is 0. The van der Waals surface area contributed by atoms with E-state index in [-0.39, 0.29) is 11.3 Å². The Morgan fingerprint density at radius 3 is 2.62 bits per heavy atom. The molecule has 0 atom stereocenters. The number of H-pyrrole nitrogens is 1. The van der Waals surface area contributed by atoms with Crippen molar-refractivity contribution in [1.82, 2.24) is 9.78 Å². The number of nitrogens with zero attached hydrogens (tertiary/aromatic N) is 1. The van der Waals surface area contributed by atoms with Gasteiger partial charge in [0.15, 0.2) is 0 Å². The third-order valence-electron chi connectivity index (χ3n) is 2.24. The summed E-state index contributed by atoms with van der Waals surface area (Å²) in [4.78, 5) is 22.2. The standard InChI is InChI=1S/C11H11N3O2/c12-11(16)9-6-10(15)13-14(9)7-8-4-2-1-3-5-8/h1-6H,7H2,(H2,12,16)(H,13,15). The van der Waals surface area contributed by atoms with Crippen LogP contribution in [0.2, 0.25) is 0 Å². The van der Waals surface area contributed by atoms with Crippen LogP contribution in [0.3, 0.4) is 0 Å². The molecule has 0 unspecified atom stereocenters. The zero-order valence-electron chi connectivity index (χ0n) is 8.51. The summed E-state index contributed by atoms with van der Waals surface area (Å²) in [5.41, 5.74) is 6.01. The molecule has 0 saturated heterocycles. The summed E-state index contributed by atoms with van der Waals surface area (Å²) < 4.78 is 1.44. The van der Waals surface area contributed by atoms with E-state index < -0.39 is 5.91 Å². The Labute approximate surface area is 91.5 Å². The predicted octanol–water partition coefficient (Wildman–Crippen LogP) is 0.324. The van der Waals surface area contributed by atoms with E-state index >= 15 is 0 Å². The topological polar surface area (TPSA) is 80.9 Å². The molecule has 2 aromatic rings. The molecule has 0 aliphatic carbocycles. The lowest BCUT2D eigenvalue weighted by Gasteiger charge is -2.05. The molecule has 0 bridgehead atoms. The summed E-state index contributed by atoms with van der Waals surface area (Å²) in [5.74, 6) is -0.616.